The molecule has 0 aliphatic heterocycles. The van der Waals surface area contributed by atoms with Crippen molar-refractivity contribution in [2.75, 3.05) is 0 Å². The molecule has 0 N–H and O–H groups in total. The highest BCUT2D eigenvalue weighted by Gasteiger charge is 2.30. The Bertz CT molecular complexity index is 497. The third-order valence-corrected chi connectivity index (χ3v) is 4.67. The van der Waals surface area contributed by atoms with Gasteiger partial charge in [0.25, 0.3) is 0 Å². The van der Waals surface area contributed by atoms with Crippen LogP contribution in [0.2, 0.25) is 0 Å². The molecule has 3 rings (SSSR count). The molecule has 0 fully saturated rings. The Balaban J connectivity index is 2.37. The molecule has 0 aromatic carbocycles. The molecule has 0 saturated carbocycles. The Morgan fingerprint density at radius 3 is 1.79 bits per heavy atom. The average Bonchev–Trinajstić information content (AvgIpc) is 2.71. The normalized spacial score (nSPS) is 13.1. The molecule has 0 saturated heterocycles. The number of ketones is 1. The van der Waals surface area contributed by atoms with Crippen molar-refractivity contribution < 1.29 is 4.79 Å². The Labute approximate surface area is 90.0 Å². The fraction of sp³-hybridized carbons (Fsp3) is 0.182. The Kier molecular flexibility index (Phi) is 1.53. The lowest BCUT2D eigenvalue weighted by atomic mass is 10.2. The van der Waals surface area contributed by atoms with Crippen molar-refractivity contribution in [3.8, 4) is 9.75 Å². The summed E-state index contributed by atoms with van der Waals surface area (Å²) in [5.74, 6) is 0.212. The second-order valence-corrected chi connectivity index (χ2v) is 6.04. The lowest BCUT2D eigenvalue weighted by Gasteiger charge is -1.86. The summed E-state index contributed by atoms with van der Waals surface area (Å²) in [5, 5.41) is 0. The molecular formula is C11H8OS2. The van der Waals surface area contributed by atoms with E-state index in [1.807, 2.05) is 12.1 Å². The SMILES string of the molecule is Cc1cc2c(s1)-c1sc(C)cc1C2=O. The molecule has 0 amide bonds. The van der Waals surface area contributed by atoms with Gasteiger partial charge in [-0.1, -0.05) is 0 Å². The summed E-state index contributed by atoms with van der Waals surface area (Å²) in [7, 11) is 0. The second kappa shape index (κ2) is 2.55. The van der Waals surface area contributed by atoms with E-state index in [1.54, 1.807) is 22.7 Å². The molecule has 0 atom stereocenters. The molecule has 0 spiro atoms. The quantitative estimate of drug-likeness (QED) is 0.565. The number of rotatable bonds is 0. The lowest BCUT2D eigenvalue weighted by Crippen LogP contribution is -1.91. The number of fused-ring (bicyclic) bond motifs is 3. The van der Waals surface area contributed by atoms with Crippen LogP contribution in [0.1, 0.15) is 25.7 Å². The van der Waals surface area contributed by atoms with Crippen LogP contribution in [-0.2, 0) is 0 Å². The molecule has 2 aromatic heterocycles. The summed E-state index contributed by atoms with van der Waals surface area (Å²) in [6.45, 7) is 4.10. The first-order valence-corrected chi connectivity index (χ1v) is 6.06. The molecule has 0 unspecified atom stereocenters. The third-order valence-electron chi connectivity index (χ3n) is 2.41. The summed E-state index contributed by atoms with van der Waals surface area (Å²) < 4.78 is 0. The topological polar surface area (TPSA) is 17.1 Å². The maximum Gasteiger partial charge on any atom is 0.196 e. The first-order chi connectivity index (χ1) is 6.66. The molecule has 3 heteroatoms. The van der Waals surface area contributed by atoms with E-state index in [0.29, 0.717) is 0 Å². The van der Waals surface area contributed by atoms with Gasteiger partial charge >= 0.3 is 0 Å². The van der Waals surface area contributed by atoms with Gasteiger partial charge in [0.1, 0.15) is 0 Å². The summed E-state index contributed by atoms with van der Waals surface area (Å²) in [5.41, 5.74) is 1.82. The van der Waals surface area contributed by atoms with Crippen molar-refractivity contribution in [1.82, 2.24) is 0 Å². The van der Waals surface area contributed by atoms with E-state index in [4.69, 9.17) is 0 Å². The minimum atomic E-state index is 0.212. The molecule has 1 aliphatic carbocycles. The van der Waals surface area contributed by atoms with Crippen molar-refractivity contribution in [2.24, 2.45) is 0 Å². The van der Waals surface area contributed by atoms with Crippen LogP contribution >= 0.6 is 22.7 Å². The highest BCUT2D eigenvalue weighted by atomic mass is 32.1. The maximum atomic E-state index is 11.9. The van der Waals surface area contributed by atoms with Crippen molar-refractivity contribution in [3.63, 3.8) is 0 Å². The molecule has 0 bridgehead atoms. The zero-order valence-electron chi connectivity index (χ0n) is 7.88. The van der Waals surface area contributed by atoms with Crippen LogP contribution in [0.15, 0.2) is 12.1 Å². The first kappa shape index (κ1) is 8.38. The van der Waals surface area contributed by atoms with Crippen LogP contribution < -0.4 is 0 Å². The zero-order valence-corrected chi connectivity index (χ0v) is 9.51. The molecule has 1 aliphatic rings. The number of carbonyl (C=O) groups is 1. The largest absolute Gasteiger partial charge is 0.288 e. The van der Waals surface area contributed by atoms with E-state index in [2.05, 4.69) is 13.8 Å². The third kappa shape index (κ3) is 0.913. The Hall–Kier alpha value is -0.930. The fourth-order valence-electron chi connectivity index (χ4n) is 1.85. The van der Waals surface area contributed by atoms with Crippen LogP contribution in [0, 0.1) is 13.8 Å². The number of aryl methyl sites for hydroxylation is 2. The van der Waals surface area contributed by atoms with Gasteiger partial charge in [0.2, 0.25) is 0 Å². The predicted molar refractivity (Wildman–Crippen MR) is 60.5 cm³/mol. The average molecular weight is 220 g/mol. The van der Waals surface area contributed by atoms with Gasteiger partial charge in [-0.25, -0.2) is 0 Å². The number of thiophene rings is 2. The lowest BCUT2D eigenvalue weighted by molar-refractivity contribution is 0.104. The summed E-state index contributed by atoms with van der Waals surface area (Å²) in [6, 6.07) is 4.01. The summed E-state index contributed by atoms with van der Waals surface area (Å²) >= 11 is 3.45. The van der Waals surface area contributed by atoms with Crippen molar-refractivity contribution in [2.45, 2.75) is 13.8 Å². The van der Waals surface area contributed by atoms with E-state index in [9.17, 15) is 4.79 Å². The Morgan fingerprint density at radius 2 is 1.36 bits per heavy atom. The van der Waals surface area contributed by atoms with E-state index in [1.165, 1.54) is 19.5 Å². The van der Waals surface area contributed by atoms with Crippen molar-refractivity contribution in [3.05, 3.63) is 33.0 Å². The van der Waals surface area contributed by atoms with Gasteiger partial charge in [-0.3, -0.25) is 4.79 Å². The summed E-state index contributed by atoms with van der Waals surface area (Å²) in [6.07, 6.45) is 0. The van der Waals surface area contributed by atoms with Gasteiger partial charge in [-0.15, -0.1) is 22.7 Å². The molecule has 70 valence electrons. The minimum Gasteiger partial charge on any atom is -0.288 e. The van der Waals surface area contributed by atoms with Crippen LogP contribution in [0.3, 0.4) is 0 Å². The first-order valence-electron chi connectivity index (χ1n) is 4.43. The Morgan fingerprint density at radius 1 is 0.929 bits per heavy atom. The number of carbonyl (C=O) groups excluding carboxylic acids is 1. The fourth-order valence-corrected chi connectivity index (χ4v) is 4.02. The molecule has 1 nitrogen and oxygen atoms in total. The zero-order chi connectivity index (χ0) is 9.87. The number of hydrogen-bond acceptors (Lipinski definition) is 3. The van der Waals surface area contributed by atoms with Crippen LogP contribution in [0.5, 0.6) is 0 Å². The van der Waals surface area contributed by atoms with E-state index in [-0.39, 0.29) is 5.78 Å². The van der Waals surface area contributed by atoms with E-state index >= 15 is 0 Å². The van der Waals surface area contributed by atoms with Gasteiger partial charge < -0.3 is 0 Å². The highest BCUT2D eigenvalue weighted by Crippen LogP contribution is 2.46. The van der Waals surface area contributed by atoms with Crippen LogP contribution in [0.4, 0.5) is 0 Å². The second-order valence-electron chi connectivity index (χ2n) is 3.53. The molecule has 14 heavy (non-hydrogen) atoms. The van der Waals surface area contributed by atoms with Gasteiger partial charge in [0.15, 0.2) is 5.78 Å². The van der Waals surface area contributed by atoms with Gasteiger partial charge in [-0.2, -0.15) is 0 Å². The maximum absolute atomic E-state index is 11.9. The van der Waals surface area contributed by atoms with E-state index < -0.39 is 0 Å². The highest BCUT2D eigenvalue weighted by molar-refractivity contribution is 7.23. The molecular weight excluding hydrogens is 212 g/mol. The molecule has 2 heterocycles. The molecule has 0 radical (unpaired) electrons. The minimum absolute atomic E-state index is 0.212. The van der Waals surface area contributed by atoms with Crippen LogP contribution in [0.25, 0.3) is 9.75 Å². The van der Waals surface area contributed by atoms with Crippen LogP contribution in [-0.4, -0.2) is 5.78 Å². The smallest absolute Gasteiger partial charge is 0.196 e. The van der Waals surface area contributed by atoms with Gasteiger partial charge in [0, 0.05) is 20.9 Å². The monoisotopic (exact) mass is 220 g/mol. The predicted octanol–water partition coefficient (Wildman–Crippen LogP) is 3.64. The summed E-state index contributed by atoms with van der Waals surface area (Å²) in [4.78, 5) is 16.7. The van der Waals surface area contributed by atoms with Crippen molar-refractivity contribution >= 4 is 28.5 Å². The number of hydrogen-bond donors (Lipinski definition) is 0. The van der Waals surface area contributed by atoms with Gasteiger partial charge in [-0.05, 0) is 26.0 Å². The van der Waals surface area contributed by atoms with Gasteiger partial charge in [0.05, 0.1) is 9.75 Å². The van der Waals surface area contributed by atoms with Crippen molar-refractivity contribution in [1.29, 1.82) is 0 Å². The standard InChI is InChI=1S/C11H8OS2/c1-5-3-7-9(12)8-4-6(2)14-11(8)10(7)13-5/h3-4H,1-2H3. The van der Waals surface area contributed by atoms with E-state index in [0.717, 1.165) is 11.1 Å². The molecule has 2 aromatic rings.